The molecule has 6 heteroatoms. The summed E-state index contributed by atoms with van der Waals surface area (Å²) in [6.07, 6.45) is 2.67. The quantitative estimate of drug-likeness (QED) is 0.712. The van der Waals surface area contributed by atoms with E-state index in [2.05, 4.69) is 10.4 Å². The van der Waals surface area contributed by atoms with Crippen LogP contribution in [0.2, 0.25) is 0 Å². The molecule has 1 aromatic rings. The SMILES string of the molecule is Cn1nccc1CCNCC(=O)N1CCOCC1. The Bertz CT molecular complexity index is 385. The molecule has 0 aliphatic carbocycles. The van der Waals surface area contributed by atoms with Crippen molar-refractivity contribution in [2.24, 2.45) is 7.05 Å². The molecule has 0 radical (unpaired) electrons. The van der Waals surface area contributed by atoms with E-state index in [0.29, 0.717) is 32.8 Å². The molecule has 0 unspecified atom stereocenters. The molecule has 1 fully saturated rings. The standard InChI is InChI=1S/C12H20N4O2/c1-15-11(3-5-14-15)2-4-13-10-12(17)16-6-8-18-9-7-16/h3,5,13H,2,4,6-10H2,1H3. The lowest BCUT2D eigenvalue weighted by molar-refractivity contribution is -0.134. The number of hydrogen-bond acceptors (Lipinski definition) is 4. The minimum atomic E-state index is 0.156. The molecule has 1 aromatic heterocycles. The van der Waals surface area contributed by atoms with Gasteiger partial charge < -0.3 is 15.0 Å². The highest BCUT2D eigenvalue weighted by atomic mass is 16.5. The average Bonchev–Trinajstić information content (AvgIpc) is 2.81. The van der Waals surface area contributed by atoms with Gasteiger partial charge in [0.25, 0.3) is 0 Å². The number of rotatable bonds is 5. The van der Waals surface area contributed by atoms with Gasteiger partial charge in [-0.05, 0) is 6.07 Å². The summed E-state index contributed by atoms with van der Waals surface area (Å²) in [6.45, 7) is 3.92. The van der Waals surface area contributed by atoms with Crippen LogP contribution in [-0.2, 0) is 23.0 Å². The Kier molecular flexibility index (Phi) is 4.72. The lowest BCUT2D eigenvalue weighted by Gasteiger charge is -2.26. The lowest BCUT2D eigenvalue weighted by Crippen LogP contribution is -2.44. The van der Waals surface area contributed by atoms with E-state index in [9.17, 15) is 4.79 Å². The van der Waals surface area contributed by atoms with Crippen LogP contribution >= 0.6 is 0 Å². The second-order valence-corrected chi connectivity index (χ2v) is 4.37. The van der Waals surface area contributed by atoms with Crippen molar-refractivity contribution in [3.05, 3.63) is 18.0 Å². The van der Waals surface area contributed by atoms with Gasteiger partial charge in [0, 0.05) is 45.0 Å². The first kappa shape index (κ1) is 13.0. The van der Waals surface area contributed by atoms with Crippen LogP contribution in [0.5, 0.6) is 0 Å². The minimum Gasteiger partial charge on any atom is -0.378 e. The molecule has 0 aromatic carbocycles. The zero-order valence-corrected chi connectivity index (χ0v) is 10.8. The van der Waals surface area contributed by atoms with Gasteiger partial charge in [0.2, 0.25) is 5.91 Å². The number of ether oxygens (including phenoxy) is 1. The number of amides is 1. The monoisotopic (exact) mass is 252 g/mol. The summed E-state index contributed by atoms with van der Waals surface area (Å²) in [5.74, 6) is 0.156. The van der Waals surface area contributed by atoms with Crippen LogP contribution in [0.3, 0.4) is 0 Å². The molecule has 0 atom stereocenters. The average molecular weight is 252 g/mol. The Morgan fingerprint density at radius 1 is 1.50 bits per heavy atom. The molecular weight excluding hydrogens is 232 g/mol. The highest BCUT2D eigenvalue weighted by molar-refractivity contribution is 5.78. The first-order valence-corrected chi connectivity index (χ1v) is 6.30. The lowest BCUT2D eigenvalue weighted by atomic mass is 10.3. The first-order valence-electron chi connectivity index (χ1n) is 6.30. The van der Waals surface area contributed by atoms with Crippen molar-refractivity contribution in [3.8, 4) is 0 Å². The third-order valence-electron chi connectivity index (χ3n) is 3.12. The number of nitrogens with one attached hydrogen (secondary N) is 1. The number of nitrogens with zero attached hydrogens (tertiary/aromatic N) is 3. The van der Waals surface area contributed by atoms with E-state index in [1.807, 2.05) is 22.7 Å². The fourth-order valence-corrected chi connectivity index (χ4v) is 1.98. The molecule has 100 valence electrons. The Hall–Kier alpha value is -1.40. The first-order chi connectivity index (χ1) is 8.77. The predicted molar refractivity (Wildman–Crippen MR) is 67.2 cm³/mol. The Labute approximate surface area is 107 Å². The Morgan fingerprint density at radius 2 is 2.28 bits per heavy atom. The van der Waals surface area contributed by atoms with Gasteiger partial charge in [-0.2, -0.15) is 5.10 Å². The van der Waals surface area contributed by atoms with Crippen LogP contribution in [0, 0.1) is 0 Å². The summed E-state index contributed by atoms with van der Waals surface area (Å²) in [5, 5.41) is 7.28. The van der Waals surface area contributed by atoms with Crippen molar-refractivity contribution >= 4 is 5.91 Å². The second-order valence-electron chi connectivity index (χ2n) is 4.37. The van der Waals surface area contributed by atoms with Crippen molar-refractivity contribution in [1.82, 2.24) is 20.0 Å². The summed E-state index contributed by atoms with van der Waals surface area (Å²) in [5.41, 5.74) is 1.17. The number of aryl methyl sites for hydroxylation is 1. The van der Waals surface area contributed by atoms with Crippen molar-refractivity contribution in [2.45, 2.75) is 6.42 Å². The van der Waals surface area contributed by atoms with Crippen LogP contribution in [0.25, 0.3) is 0 Å². The van der Waals surface area contributed by atoms with Crippen LogP contribution in [-0.4, -0.2) is 60.0 Å². The van der Waals surface area contributed by atoms with E-state index >= 15 is 0 Å². The molecule has 1 aliphatic rings. The molecular formula is C12H20N4O2. The zero-order valence-electron chi connectivity index (χ0n) is 10.8. The number of carbonyl (C=O) groups is 1. The van der Waals surface area contributed by atoms with Gasteiger partial charge in [-0.25, -0.2) is 0 Å². The maximum absolute atomic E-state index is 11.8. The highest BCUT2D eigenvalue weighted by Gasteiger charge is 2.15. The largest absolute Gasteiger partial charge is 0.378 e. The Morgan fingerprint density at radius 3 is 2.94 bits per heavy atom. The van der Waals surface area contributed by atoms with E-state index in [4.69, 9.17) is 4.74 Å². The molecule has 0 spiro atoms. The van der Waals surface area contributed by atoms with Crippen LogP contribution in [0.1, 0.15) is 5.69 Å². The van der Waals surface area contributed by atoms with Gasteiger partial charge in [-0.1, -0.05) is 0 Å². The maximum Gasteiger partial charge on any atom is 0.236 e. The molecule has 2 heterocycles. The van der Waals surface area contributed by atoms with Gasteiger partial charge in [-0.15, -0.1) is 0 Å². The summed E-state index contributed by atoms with van der Waals surface area (Å²) in [6, 6.07) is 1.99. The van der Waals surface area contributed by atoms with E-state index in [1.54, 1.807) is 6.20 Å². The molecule has 1 amide bonds. The molecule has 1 aliphatic heterocycles. The van der Waals surface area contributed by atoms with Crippen molar-refractivity contribution in [2.75, 3.05) is 39.4 Å². The highest BCUT2D eigenvalue weighted by Crippen LogP contribution is 1.98. The van der Waals surface area contributed by atoms with Gasteiger partial charge in [0.15, 0.2) is 0 Å². The predicted octanol–water partition coefficient (Wildman–Crippen LogP) is -0.589. The van der Waals surface area contributed by atoms with Crippen LogP contribution in [0.15, 0.2) is 12.3 Å². The molecule has 1 N–H and O–H groups in total. The fourth-order valence-electron chi connectivity index (χ4n) is 1.98. The topological polar surface area (TPSA) is 59.4 Å². The molecule has 0 bridgehead atoms. The maximum atomic E-state index is 11.8. The smallest absolute Gasteiger partial charge is 0.236 e. The molecule has 1 saturated heterocycles. The summed E-state index contributed by atoms with van der Waals surface area (Å²) in [7, 11) is 1.92. The minimum absolute atomic E-state index is 0.156. The van der Waals surface area contributed by atoms with Crippen molar-refractivity contribution in [1.29, 1.82) is 0 Å². The van der Waals surface area contributed by atoms with E-state index < -0.39 is 0 Å². The molecule has 0 saturated carbocycles. The van der Waals surface area contributed by atoms with E-state index in [-0.39, 0.29) is 5.91 Å². The number of hydrogen-bond donors (Lipinski definition) is 1. The number of carbonyl (C=O) groups excluding carboxylic acids is 1. The van der Waals surface area contributed by atoms with Crippen molar-refractivity contribution < 1.29 is 9.53 Å². The van der Waals surface area contributed by atoms with E-state index in [1.165, 1.54) is 5.69 Å². The summed E-state index contributed by atoms with van der Waals surface area (Å²) >= 11 is 0. The van der Waals surface area contributed by atoms with Gasteiger partial charge >= 0.3 is 0 Å². The zero-order chi connectivity index (χ0) is 12.8. The molecule has 18 heavy (non-hydrogen) atoms. The van der Waals surface area contributed by atoms with Crippen molar-refractivity contribution in [3.63, 3.8) is 0 Å². The summed E-state index contributed by atoms with van der Waals surface area (Å²) in [4.78, 5) is 13.7. The number of morpholine rings is 1. The Balaban J connectivity index is 1.63. The molecule has 2 rings (SSSR count). The third-order valence-corrected chi connectivity index (χ3v) is 3.12. The third kappa shape index (κ3) is 3.54. The van der Waals surface area contributed by atoms with Crippen LogP contribution < -0.4 is 5.32 Å². The summed E-state index contributed by atoms with van der Waals surface area (Å²) < 4.78 is 7.07. The number of aromatic nitrogens is 2. The van der Waals surface area contributed by atoms with Gasteiger partial charge in [-0.3, -0.25) is 9.48 Å². The second kappa shape index (κ2) is 6.51. The van der Waals surface area contributed by atoms with Crippen LogP contribution in [0.4, 0.5) is 0 Å². The van der Waals surface area contributed by atoms with E-state index in [0.717, 1.165) is 13.0 Å². The normalized spacial score (nSPS) is 15.9. The van der Waals surface area contributed by atoms with Gasteiger partial charge in [0.1, 0.15) is 0 Å². The molecule has 6 nitrogen and oxygen atoms in total. The van der Waals surface area contributed by atoms with Gasteiger partial charge in [0.05, 0.1) is 19.8 Å². The fraction of sp³-hybridized carbons (Fsp3) is 0.667.